The van der Waals surface area contributed by atoms with Crippen molar-refractivity contribution in [3.8, 4) is 11.1 Å². The van der Waals surface area contributed by atoms with Crippen LogP contribution in [0.5, 0.6) is 0 Å². The van der Waals surface area contributed by atoms with E-state index < -0.39 is 0 Å². The maximum Gasteiger partial charge on any atom is 0.0739 e. The minimum Gasteiger partial charge on any atom is -0.195 e. The second-order valence-corrected chi connectivity index (χ2v) is 7.46. The number of nitrogens with zero attached hydrogens (tertiary/aromatic N) is 1. The molecule has 0 N–H and O–H groups in total. The summed E-state index contributed by atoms with van der Waals surface area (Å²) in [5, 5.41) is 2.43. The fraction of sp³-hybridized carbons (Fsp3) is 0.269. The van der Waals surface area contributed by atoms with Crippen LogP contribution in [0.25, 0.3) is 11.1 Å². The Morgan fingerprint density at radius 1 is 0.857 bits per heavy atom. The summed E-state index contributed by atoms with van der Waals surface area (Å²) < 4.78 is 0. The highest BCUT2D eigenvalue weighted by Crippen LogP contribution is 2.29. The molecule has 0 aromatic heterocycles. The summed E-state index contributed by atoms with van der Waals surface area (Å²) in [5.74, 6) is 0. The van der Waals surface area contributed by atoms with Crippen LogP contribution in [0.3, 0.4) is 0 Å². The molecule has 0 aliphatic carbocycles. The average Bonchev–Trinajstić information content (AvgIpc) is 2.73. The minimum atomic E-state index is 0.863. The van der Waals surface area contributed by atoms with Gasteiger partial charge in [0.05, 0.1) is 10.8 Å². The predicted molar refractivity (Wildman–Crippen MR) is 124 cm³/mol. The van der Waals surface area contributed by atoms with Gasteiger partial charge in [-0.15, -0.1) is 0 Å². The summed E-state index contributed by atoms with van der Waals surface area (Å²) in [6.45, 7) is 4.40. The highest BCUT2D eigenvalue weighted by molar-refractivity contribution is 7.78. The van der Waals surface area contributed by atoms with Gasteiger partial charge in [-0.3, -0.25) is 0 Å². The van der Waals surface area contributed by atoms with Gasteiger partial charge in [0.1, 0.15) is 0 Å². The van der Waals surface area contributed by atoms with E-state index in [0.717, 1.165) is 24.9 Å². The molecule has 0 atom stereocenters. The highest BCUT2D eigenvalue weighted by atomic mass is 32.1. The highest BCUT2D eigenvalue weighted by Gasteiger charge is 2.10. The summed E-state index contributed by atoms with van der Waals surface area (Å²) in [6.07, 6.45) is 5.65. The van der Waals surface area contributed by atoms with Gasteiger partial charge in [-0.2, -0.15) is 4.99 Å². The maximum atomic E-state index is 4.68. The van der Waals surface area contributed by atoms with Crippen LogP contribution in [0.2, 0.25) is 0 Å². The number of aryl methyl sites for hydroxylation is 3. The summed E-state index contributed by atoms with van der Waals surface area (Å²) in [4.78, 5) is 4.04. The topological polar surface area (TPSA) is 12.4 Å². The van der Waals surface area contributed by atoms with Crippen LogP contribution in [0.15, 0.2) is 71.7 Å². The molecule has 0 saturated carbocycles. The summed E-state index contributed by atoms with van der Waals surface area (Å²) >= 11 is 4.68. The Labute approximate surface area is 174 Å². The molecular formula is C26H27NS. The Bertz CT molecular complexity index is 949. The van der Waals surface area contributed by atoms with Crippen LogP contribution in [0, 0.1) is 6.92 Å². The Hall–Kier alpha value is -2.54. The summed E-state index contributed by atoms with van der Waals surface area (Å²) in [6, 6.07) is 24.0. The zero-order valence-corrected chi connectivity index (χ0v) is 17.6. The van der Waals surface area contributed by atoms with Gasteiger partial charge < -0.3 is 0 Å². The number of hydrogen-bond donors (Lipinski definition) is 0. The standard InChI is InChI=1S/C26H27NS/c1-3-4-6-22-7-5-8-25(23-14-9-20(2)10-15-23)26(22)18-13-21-11-16-24(17-12-21)27-19-28/h5,7-12,14-17H,3-4,6,13,18H2,1-2H3. The normalized spacial score (nSPS) is 10.5. The molecule has 0 heterocycles. The number of thiocarbonyl (C=S) groups is 1. The van der Waals surface area contributed by atoms with Gasteiger partial charge in [-0.1, -0.05) is 73.5 Å². The van der Waals surface area contributed by atoms with Crippen molar-refractivity contribution in [2.24, 2.45) is 4.99 Å². The van der Waals surface area contributed by atoms with Crippen LogP contribution in [-0.4, -0.2) is 5.16 Å². The molecule has 0 aliphatic rings. The van der Waals surface area contributed by atoms with E-state index in [1.54, 1.807) is 0 Å². The van der Waals surface area contributed by atoms with Crippen LogP contribution < -0.4 is 0 Å². The quantitative estimate of drug-likeness (QED) is 0.288. The van der Waals surface area contributed by atoms with Crippen LogP contribution in [-0.2, 0) is 19.3 Å². The second-order valence-electron chi connectivity index (χ2n) is 7.28. The van der Waals surface area contributed by atoms with Crippen LogP contribution >= 0.6 is 12.2 Å². The van der Waals surface area contributed by atoms with E-state index in [0.29, 0.717) is 0 Å². The van der Waals surface area contributed by atoms with Gasteiger partial charge in [0.15, 0.2) is 0 Å². The SMILES string of the molecule is CCCCc1cccc(-c2ccc(C)cc2)c1CCc1ccc(N=C=S)cc1. The summed E-state index contributed by atoms with van der Waals surface area (Å²) in [5.41, 5.74) is 9.14. The molecule has 0 amide bonds. The third-order valence-corrected chi connectivity index (χ3v) is 5.30. The van der Waals surface area contributed by atoms with Crippen molar-refractivity contribution in [2.75, 3.05) is 0 Å². The van der Waals surface area contributed by atoms with E-state index in [9.17, 15) is 0 Å². The van der Waals surface area contributed by atoms with Crippen molar-refractivity contribution in [1.82, 2.24) is 0 Å². The van der Waals surface area contributed by atoms with E-state index >= 15 is 0 Å². The van der Waals surface area contributed by atoms with Gasteiger partial charge in [0.2, 0.25) is 0 Å². The lowest BCUT2D eigenvalue weighted by Gasteiger charge is -2.16. The lowest BCUT2D eigenvalue weighted by molar-refractivity contribution is 0.783. The summed E-state index contributed by atoms with van der Waals surface area (Å²) in [7, 11) is 0. The van der Waals surface area contributed by atoms with Gasteiger partial charge in [0.25, 0.3) is 0 Å². The lowest BCUT2D eigenvalue weighted by Crippen LogP contribution is -2.01. The van der Waals surface area contributed by atoms with Crippen molar-refractivity contribution in [3.05, 3.63) is 89.0 Å². The monoisotopic (exact) mass is 385 g/mol. The zero-order valence-electron chi connectivity index (χ0n) is 16.7. The van der Waals surface area contributed by atoms with E-state index in [4.69, 9.17) is 0 Å². The molecule has 0 radical (unpaired) electrons. The molecule has 3 aromatic rings. The predicted octanol–water partition coefficient (Wildman–Crippen LogP) is 7.52. The molecule has 1 nitrogen and oxygen atoms in total. The second kappa shape index (κ2) is 10.1. The van der Waals surface area contributed by atoms with E-state index in [-0.39, 0.29) is 0 Å². The Morgan fingerprint density at radius 2 is 1.61 bits per heavy atom. The molecular weight excluding hydrogens is 358 g/mol. The first kappa shape index (κ1) is 20.2. The van der Waals surface area contributed by atoms with Gasteiger partial charge in [-0.05, 0) is 84.8 Å². The molecule has 0 aliphatic heterocycles. The fourth-order valence-corrected chi connectivity index (χ4v) is 3.70. The van der Waals surface area contributed by atoms with Crippen molar-refractivity contribution in [2.45, 2.75) is 46.0 Å². The Balaban J connectivity index is 1.89. The van der Waals surface area contributed by atoms with Crippen molar-refractivity contribution < 1.29 is 0 Å². The van der Waals surface area contributed by atoms with Gasteiger partial charge in [0, 0.05) is 0 Å². The van der Waals surface area contributed by atoms with E-state index in [2.05, 4.69) is 90.8 Å². The Morgan fingerprint density at radius 3 is 2.29 bits per heavy atom. The first-order valence-corrected chi connectivity index (χ1v) is 10.5. The van der Waals surface area contributed by atoms with Gasteiger partial charge in [-0.25, -0.2) is 0 Å². The third-order valence-electron chi connectivity index (χ3n) is 5.21. The number of benzene rings is 3. The molecule has 0 bridgehead atoms. The van der Waals surface area contributed by atoms with Crippen molar-refractivity contribution in [1.29, 1.82) is 0 Å². The molecule has 2 heteroatoms. The lowest BCUT2D eigenvalue weighted by atomic mass is 9.89. The van der Waals surface area contributed by atoms with Crippen molar-refractivity contribution >= 4 is 23.1 Å². The number of hydrogen-bond acceptors (Lipinski definition) is 2. The molecule has 28 heavy (non-hydrogen) atoms. The maximum absolute atomic E-state index is 4.68. The van der Waals surface area contributed by atoms with E-state index in [1.807, 2.05) is 12.1 Å². The Kier molecular flexibility index (Phi) is 7.31. The van der Waals surface area contributed by atoms with E-state index in [1.165, 1.54) is 46.2 Å². The van der Waals surface area contributed by atoms with Crippen LogP contribution in [0.4, 0.5) is 5.69 Å². The van der Waals surface area contributed by atoms with Crippen LogP contribution in [0.1, 0.15) is 42.0 Å². The molecule has 142 valence electrons. The largest absolute Gasteiger partial charge is 0.195 e. The fourth-order valence-electron chi connectivity index (χ4n) is 3.59. The van der Waals surface area contributed by atoms with Crippen molar-refractivity contribution in [3.63, 3.8) is 0 Å². The number of aliphatic imine (C=N–C) groups is 1. The molecule has 0 spiro atoms. The number of rotatable bonds is 8. The molecule has 3 rings (SSSR count). The first-order valence-electron chi connectivity index (χ1n) is 10.1. The third kappa shape index (κ3) is 5.25. The minimum absolute atomic E-state index is 0.863. The average molecular weight is 386 g/mol. The van der Waals surface area contributed by atoms with Gasteiger partial charge >= 0.3 is 0 Å². The molecule has 0 fully saturated rings. The number of isothiocyanates is 1. The zero-order chi connectivity index (χ0) is 19.8. The smallest absolute Gasteiger partial charge is 0.0739 e. The molecule has 3 aromatic carbocycles. The molecule has 0 saturated heterocycles. The molecule has 0 unspecified atom stereocenters. The first-order chi connectivity index (χ1) is 13.7. The number of unbranched alkanes of at least 4 members (excludes halogenated alkanes) is 1.